The molecule has 2 amide bonds. The Morgan fingerprint density at radius 2 is 1.79 bits per heavy atom. The van der Waals surface area contributed by atoms with Gasteiger partial charge in [0.1, 0.15) is 0 Å². The Labute approximate surface area is 204 Å². The van der Waals surface area contributed by atoms with E-state index in [1.807, 2.05) is 19.9 Å². The first-order chi connectivity index (χ1) is 16.5. The van der Waals surface area contributed by atoms with E-state index in [2.05, 4.69) is 28.4 Å². The Morgan fingerprint density at radius 3 is 2.47 bits per heavy atom. The maximum absolute atomic E-state index is 13.1. The Balaban J connectivity index is 1.53. The fourth-order valence-corrected chi connectivity index (χ4v) is 6.32. The van der Waals surface area contributed by atoms with Crippen LogP contribution in [0.25, 0.3) is 0 Å². The number of methoxy groups -OCH3 is 1. The smallest absolute Gasteiger partial charge is 0.223 e. The summed E-state index contributed by atoms with van der Waals surface area (Å²) in [7, 11) is 1.68. The standard InChI is InChI=1S/C28H42N2O4/c1-20(2)27(32)29-25-22-11-7-8-12-23(22)28(26(25)34-18-17-33-3)13-15-30(16-14-28)24(31)19-21-9-5-4-6-10-21/h7-8,11-12,20-21,25-26H,4-6,9-10,13-19H2,1-3H3,(H,29,32)/t25-,26+/m1/s1. The van der Waals surface area contributed by atoms with Crippen molar-refractivity contribution >= 4 is 11.8 Å². The number of benzene rings is 1. The lowest BCUT2D eigenvalue weighted by molar-refractivity contribution is -0.135. The summed E-state index contributed by atoms with van der Waals surface area (Å²) in [6.07, 6.45) is 8.48. The molecular formula is C28H42N2O4. The topological polar surface area (TPSA) is 67.9 Å². The molecule has 1 saturated heterocycles. The molecule has 6 nitrogen and oxygen atoms in total. The number of hydrogen-bond acceptors (Lipinski definition) is 4. The number of nitrogens with one attached hydrogen (secondary N) is 1. The van der Waals surface area contributed by atoms with Crippen molar-refractivity contribution in [3.05, 3.63) is 35.4 Å². The second-order valence-electron chi connectivity index (χ2n) is 10.8. The van der Waals surface area contributed by atoms with Crippen LogP contribution in [0.3, 0.4) is 0 Å². The van der Waals surface area contributed by atoms with Gasteiger partial charge >= 0.3 is 0 Å². The van der Waals surface area contributed by atoms with Crippen LogP contribution in [0.5, 0.6) is 0 Å². The monoisotopic (exact) mass is 470 g/mol. The molecule has 4 rings (SSSR count). The summed E-state index contributed by atoms with van der Waals surface area (Å²) in [5.74, 6) is 0.819. The van der Waals surface area contributed by atoms with Crippen LogP contribution in [-0.2, 0) is 24.5 Å². The van der Waals surface area contributed by atoms with Gasteiger partial charge in [-0.15, -0.1) is 0 Å². The minimum absolute atomic E-state index is 0.0392. The highest BCUT2D eigenvalue weighted by atomic mass is 16.5. The van der Waals surface area contributed by atoms with E-state index in [-0.39, 0.29) is 29.4 Å². The molecule has 1 aromatic rings. The zero-order valence-corrected chi connectivity index (χ0v) is 21.2. The average Bonchev–Trinajstić information content (AvgIpc) is 3.09. The molecule has 2 aliphatic carbocycles. The fraction of sp³-hybridized carbons (Fsp3) is 0.714. The van der Waals surface area contributed by atoms with Gasteiger partial charge in [-0.2, -0.15) is 0 Å². The number of likely N-dealkylation sites (tertiary alicyclic amines) is 1. The van der Waals surface area contributed by atoms with Crippen LogP contribution < -0.4 is 5.32 Å². The summed E-state index contributed by atoms with van der Waals surface area (Å²) in [4.78, 5) is 27.9. The van der Waals surface area contributed by atoms with Crippen LogP contribution in [0, 0.1) is 11.8 Å². The molecule has 2 fully saturated rings. The first kappa shape index (κ1) is 25.2. The zero-order chi connectivity index (χ0) is 24.1. The highest BCUT2D eigenvalue weighted by Crippen LogP contribution is 2.52. The van der Waals surface area contributed by atoms with Gasteiger partial charge in [0.2, 0.25) is 11.8 Å². The Hall–Kier alpha value is -1.92. The fourth-order valence-electron chi connectivity index (χ4n) is 6.32. The maximum atomic E-state index is 13.1. The summed E-state index contributed by atoms with van der Waals surface area (Å²) in [6, 6.07) is 8.26. The van der Waals surface area contributed by atoms with Crippen LogP contribution in [0.15, 0.2) is 24.3 Å². The van der Waals surface area contributed by atoms with E-state index in [9.17, 15) is 9.59 Å². The summed E-state index contributed by atoms with van der Waals surface area (Å²) >= 11 is 0. The Bertz CT molecular complexity index is 841. The third kappa shape index (κ3) is 5.18. The van der Waals surface area contributed by atoms with Crippen molar-refractivity contribution in [2.45, 2.75) is 82.8 Å². The molecule has 2 atom stereocenters. The van der Waals surface area contributed by atoms with E-state index in [1.54, 1.807) is 7.11 Å². The Morgan fingerprint density at radius 1 is 1.09 bits per heavy atom. The quantitative estimate of drug-likeness (QED) is 0.573. The number of rotatable bonds is 8. The second-order valence-corrected chi connectivity index (χ2v) is 10.8. The predicted molar refractivity (Wildman–Crippen MR) is 132 cm³/mol. The van der Waals surface area contributed by atoms with E-state index in [0.717, 1.165) is 31.5 Å². The minimum Gasteiger partial charge on any atom is -0.382 e. The van der Waals surface area contributed by atoms with Crippen LogP contribution >= 0.6 is 0 Å². The lowest BCUT2D eigenvalue weighted by Crippen LogP contribution is -2.52. The van der Waals surface area contributed by atoms with E-state index in [4.69, 9.17) is 9.47 Å². The number of nitrogens with zero attached hydrogens (tertiary/aromatic N) is 1. The molecule has 1 heterocycles. The molecule has 0 bridgehead atoms. The van der Waals surface area contributed by atoms with Crippen molar-refractivity contribution in [2.75, 3.05) is 33.4 Å². The molecule has 1 aromatic carbocycles. The van der Waals surface area contributed by atoms with Crippen LogP contribution in [-0.4, -0.2) is 56.2 Å². The van der Waals surface area contributed by atoms with E-state index in [1.165, 1.54) is 37.7 Å². The van der Waals surface area contributed by atoms with Crippen molar-refractivity contribution in [1.29, 1.82) is 0 Å². The Kier molecular flexibility index (Phi) is 8.30. The number of carbonyl (C=O) groups is 2. The van der Waals surface area contributed by atoms with Crippen LogP contribution in [0.1, 0.15) is 82.4 Å². The molecule has 0 radical (unpaired) electrons. The van der Waals surface area contributed by atoms with E-state index in [0.29, 0.717) is 31.5 Å². The number of amides is 2. The molecule has 0 unspecified atom stereocenters. The highest BCUT2D eigenvalue weighted by Gasteiger charge is 2.54. The maximum Gasteiger partial charge on any atom is 0.223 e. The number of ether oxygens (including phenoxy) is 2. The van der Waals surface area contributed by atoms with Gasteiger partial charge in [0, 0.05) is 38.0 Å². The molecule has 6 heteroatoms. The lowest BCUT2D eigenvalue weighted by Gasteiger charge is -2.44. The summed E-state index contributed by atoms with van der Waals surface area (Å²) in [6.45, 7) is 6.32. The van der Waals surface area contributed by atoms with Gasteiger partial charge in [0.15, 0.2) is 0 Å². The first-order valence-electron chi connectivity index (χ1n) is 13.2. The van der Waals surface area contributed by atoms with Gasteiger partial charge in [-0.05, 0) is 42.7 Å². The van der Waals surface area contributed by atoms with E-state index >= 15 is 0 Å². The third-order valence-electron chi connectivity index (χ3n) is 8.28. The lowest BCUT2D eigenvalue weighted by atomic mass is 9.71. The zero-order valence-electron chi connectivity index (χ0n) is 21.2. The number of hydrogen-bond donors (Lipinski definition) is 1. The van der Waals surface area contributed by atoms with Crippen LogP contribution in [0.4, 0.5) is 0 Å². The van der Waals surface area contributed by atoms with E-state index < -0.39 is 0 Å². The highest BCUT2D eigenvalue weighted by molar-refractivity contribution is 5.79. The number of carbonyl (C=O) groups excluding carboxylic acids is 2. The van der Waals surface area contributed by atoms with Gasteiger partial charge < -0.3 is 19.7 Å². The minimum atomic E-state index is -0.207. The van der Waals surface area contributed by atoms with Gasteiger partial charge in [-0.3, -0.25) is 9.59 Å². The largest absolute Gasteiger partial charge is 0.382 e. The number of fused-ring (bicyclic) bond motifs is 2. The molecule has 1 spiro atoms. The number of piperidine rings is 1. The molecule has 1 N–H and O–H groups in total. The van der Waals surface area contributed by atoms with Gasteiger partial charge in [-0.1, -0.05) is 57.4 Å². The third-order valence-corrected chi connectivity index (χ3v) is 8.28. The average molecular weight is 471 g/mol. The predicted octanol–water partition coefficient (Wildman–Crippen LogP) is 4.38. The van der Waals surface area contributed by atoms with Crippen molar-refractivity contribution in [2.24, 2.45) is 11.8 Å². The molecule has 1 aliphatic heterocycles. The SMILES string of the molecule is COCCO[C@H]1[C@H](NC(=O)C(C)C)c2ccccc2C12CCN(C(=O)CC1CCCCC1)CC2. The van der Waals surface area contributed by atoms with Crippen molar-refractivity contribution in [3.8, 4) is 0 Å². The molecular weight excluding hydrogens is 428 g/mol. The second kappa shape index (κ2) is 11.2. The van der Waals surface area contributed by atoms with Gasteiger partial charge in [-0.25, -0.2) is 0 Å². The molecule has 34 heavy (non-hydrogen) atoms. The molecule has 1 saturated carbocycles. The van der Waals surface area contributed by atoms with Crippen molar-refractivity contribution in [1.82, 2.24) is 10.2 Å². The molecule has 0 aromatic heterocycles. The summed E-state index contributed by atoms with van der Waals surface area (Å²) in [5, 5.41) is 3.29. The summed E-state index contributed by atoms with van der Waals surface area (Å²) in [5.41, 5.74) is 2.22. The van der Waals surface area contributed by atoms with Crippen LogP contribution in [0.2, 0.25) is 0 Å². The van der Waals surface area contributed by atoms with Crippen molar-refractivity contribution < 1.29 is 19.1 Å². The van der Waals surface area contributed by atoms with Crippen molar-refractivity contribution in [3.63, 3.8) is 0 Å². The molecule has 3 aliphatic rings. The van der Waals surface area contributed by atoms with Gasteiger partial charge in [0.25, 0.3) is 0 Å². The summed E-state index contributed by atoms with van der Waals surface area (Å²) < 4.78 is 11.8. The first-order valence-corrected chi connectivity index (χ1v) is 13.2. The van der Waals surface area contributed by atoms with Gasteiger partial charge in [0.05, 0.1) is 25.4 Å². The molecule has 188 valence electrons. The normalized spacial score (nSPS) is 24.4.